The molecule has 0 unspecified atom stereocenters. The average molecular weight is 364 g/mol. The van der Waals surface area contributed by atoms with Crippen LogP contribution in [-0.4, -0.2) is 23.8 Å². The summed E-state index contributed by atoms with van der Waals surface area (Å²) in [6, 6.07) is 23.0. The van der Waals surface area contributed by atoms with E-state index in [-0.39, 0.29) is 11.9 Å². The predicted octanol–water partition coefficient (Wildman–Crippen LogP) is 4.09. The number of pyridine rings is 1. The number of ether oxygens (including phenoxy) is 1. The van der Waals surface area contributed by atoms with Gasteiger partial charge in [0.15, 0.2) is 0 Å². The molecule has 0 aliphatic heterocycles. The number of carbonyl (C=O) groups excluding carboxylic acids is 1. The van der Waals surface area contributed by atoms with E-state index < -0.39 is 0 Å². The molecule has 0 saturated carbocycles. The fourth-order valence-electron chi connectivity index (χ4n) is 2.56. The van der Waals surface area contributed by atoms with Crippen molar-refractivity contribution in [3.8, 4) is 5.75 Å². The van der Waals surface area contributed by atoms with Gasteiger partial charge in [-0.2, -0.15) is 0 Å². The van der Waals surface area contributed by atoms with Crippen LogP contribution in [0.4, 0.5) is 0 Å². The van der Waals surface area contributed by atoms with Crippen LogP contribution in [0, 0.1) is 0 Å². The van der Waals surface area contributed by atoms with E-state index in [1.807, 2.05) is 72.8 Å². The molecular formula is C21H20N2O2S. The highest BCUT2D eigenvalue weighted by atomic mass is 32.2. The molecule has 3 aromatic rings. The molecule has 132 valence electrons. The van der Waals surface area contributed by atoms with Crippen LogP contribution in [0.3, 0.4) is 0 Å². The molecule has 1 heterocycles. The second-order valence-electron chi connectivity index (χ2n) is 5.63. The van der Waals surface area contributed by atoms with Crippen LogP contribution in [0.5, 0.6) is 5.75 Å². The van der Waals surface area contributed by atoms with Crippen molar-refractivity contribution < 1.29 is 9.53 Å². The summed E-state index contributed by atoms with van der Waals surface area (Å²) in [4.78, 5) is 17.9. The molecule has 0 aliphatic rings. The Balaban J connectivity index is 1.69. The maximum absolute atomic E-state index is 12.5. The maximum atomic E-state index is 12.5. The minimum Gasteiger partial charge on any atom is -0.497 e. The predicted molar refractivity (Wildman–Crippen MR) is 104 cm³/mol. The zero-order valence-corrected chi connectivity index (χ0v) is 15.3. The van der Waals surface area contributed by atoms with E-state index in [0.29, 0.717) is 5.75 Å². The molecule has 1 atom stereocenters. The lowest BCUT2D eigenvalue weighted by atomic mass is 10.0. The zero-order valence-electron chi connectivity index (χ0n) is 14.5. The number of rotatable bonds is 7. The number of benzene rings is 2. The zero-order chi connectivity index (χ0) is 18.2. The van der Waals surface area contributed by atoms with Gasteiger partial charge >= 0.3 is 0 Å². The monoisotopic (exact) mass is 364 g/mol. The summed E-state index contributed by atoms with van der Waals surface area (Å²) >= 11 is 1.48. The first kappa shape index (κ1) is 18.0. The van der Waals surface area contributed by atoms with Gasteiger partial charge in [-0.3, -0.25) is 9.78 Å². The van der Waals surface area contributed by atoms with Crippen molar-refractivity contribution in [2.75, 3.05) is 12.9 Å². The fourth-order valence-corrected chi connectivity index (χ4v) is 3.32. The first-order valence-corrected chi connectivity index (χ1v) is 9.27. The highest BCUT2D eigenvalue weighted by Crippen LogP contribution is 2.24. The lowest BCUT2D eigenvalue weighted by molar-refractivity contribution is -0.119. The SMILES string of the molecule is COc1cccc(SCC(=O)N[C@H](c2ccccc2)c2ccccn2)c1. The van der Waals surface area contributed by atoms with Crippen molar-refractivity contribution in [1.82, 2.24) is 10.3 Å². The minimum absolute atomic E-state index is 0.0441. The lowest BCUT2D eigenvalue weighted by Gasteiger charge is -2.19. The van der Waals surface area contributed by atoms with Crippen LogP contribution in [0.2, 0.25) is 0 Å². The summed E-state index contributed by atoms with van der Waals surface area (Å²) in [6.45, 7) is 0. The molecule has 5 heteroatoms. The van der Waals surface area contributed by atoms with Crippen LogP contribution >= 0.6 is 11.8 Å². The Morgan fingerprint density at radius 3 is 2.62 bits per heavy atom. The number of nitrogens with one attached hydrogen (secondary N) is 1. The maximum Gasteiger partial charge on any atom is 0.231 e. The van der Waals surface area contributed by atoms with Gasteiger partial charge in [-0.1, -0.05) is 42.5 Å². The smallest absolute Gasteiger partial charge is 0.231 e. The van der Waals surface area contributed by atoms with E-state index >= 15 is 0 Å². The molecule has 3 rings (SSSR count). The largest absolute Gasteiger partial charge is 0.497 e. The third kappa shape index (κ3) is 4.86. The molecule has 0 spiro atoms. The molecule has 0 bridgehead atoms. The molecule has 1 aromatic heterocycles. The first-order chi connectivity index (χ1) is 12.8. The van der Waals surface area contributed by atoms with Gasteiger partial charge in [0.2, 0.25) is 5.91 Å². The normalized spacial score (nSPS) is 11.6. The third-order valence-corrected chi connectivity index (χ3v) is 4.83. The highest BCUT2D eigenvalue weighted by molar-refractivity contribution is 8.00. The molecule has 26 heavy (non-hydrogen) atoms. The molecule has 4 nitrogen and oxygen atoms in total. The van der Waals surface area contributed by atoms with Crippen LogP contribution in [0.15, 0.2) is 83.9 Å². The van der Waals surface area contributed by atoms with E-state index in [9.17, 15) is 4.79 Å². The van der Waals surface area contributed by atoms with Crippen molar-refractivity contribution in [1.29, 1.82) is 0 Å². The molecular weight excluding hydrogens is 344 g/mol. The average Bonchev–Trinajstić information content (AvgIpc) is 2.72. The number of hydrogen-bond acceptors (Lipinski definition) is 4. The van der Waals surface area contributed by atoms with Gasteiger partial charge in [-0.05, 0) is 35.9 Å². The Bertz CT molecular complexity index is 801. The van der Waals surface area contributed by atoms with E-state index in [4.69, 9.17) is 4.74 Å². The van der Waals surface area contributed by atoms with Gasteiger partial charge in [0.25, 0.3) is 0 Å². The molecule has 0 fully saturated rings. The summed E-state index contributed by atoms with van der Waals surface area (Å²) < 4.78 is 5.22. The lowest BCUT2D eigenvalue weighted by Crippen LogP contribution is -2.31. The van der Waals surface area contributed by atoms with Crippen molar-refractivity contribution in [3.05, 3.63) is 90.3 Å². The van der Waals surface area contributed by atoms with Crippen LogP contribution in [-0.2, 0) is 4.79 Å². The number of amides is 1. The third-order valence-electron chi connectivity index (χ3n) is 3.83. The van der Waals surface area contributed by atoms with Crippen LogP contribution < -0.4 is 10.1 Å². The molecule has 0 radical (unpaired) electrons. The number of thioether (sulfide) groups is 1. The Labute approximate surface area is 157 Å². The van der Waals surface area contributed by atoms with Gasteiger partial charge in [0.1, 0.15) is 5.75 Å². The van der Waals surface area contributed by atoms with Crippen LogP contribution in [0.1, 0.15) is 17.3 Å². The first-order valence-electron chi connectivity index (χ1n) is 8.28. The Morgan fingerprint density at radius 2 is 1.88 bits per heavy atom. The van der Waals surface area contributed by atoms with Crippen molar-refractivity contribution in [3.63, 3.8) is 0 Å². The van der Waals surface area contributed by atoms with E-state index in [1.165, 1.54) is 11.8 Å². The van der Waals surface area contributed by atoms with Gasteiger partial charge < -0.3 is 10.1 Å². The number of aromatic nitrogens is 1. The summed E-state index contributed by atoms with van der Waals surface area (Å²) in [5.41, 5.74) is 1.82. The quantitative estimate of drug-likeness (QED) is 0.642. The summed E-state index contributed by atoms with van der Waals surface area (Å²) in [6.07, 6.45) is 1.74. The van der Waals surface area contributed by atoms with Gasteiger partial charge in [-0.25, -0.2) is 0 Å². The molecule has 0 saturated heterocycles. The second kappa shape index (κ2) is 9.06. The van der Waals surface area contributed by atoms with Gasteiger partial charge in [0.05, 0.1) is 24.6 Å². The Kier molecular flexibility index (Phi) is 6.28. The molecule has 2 aromatic carbocycles. The molecule has 1 amide bonds. The number of nitrogens with zero attached hydrogens (tertiary/aromatic N) is 1. The van der Waals surface area contributed by atoms with Gasteiger partial charge in [0, 0.05) is 11.1 Å². The topological polar surface area (TPSA) is 51.2 Å². The van der Waals surface area contributed by atoms with E-state index in [0.717, 1.165) is 21.9 Å². The molecule has 0 aliphatic carbocycles. The molecule has 1 N–H and O–H groups in total. The van der Waals surface area contributed by atoms with Crippen LogP contribution in [0.25, 0.3) is 0 Å². The Hall–Kier alpha value is -2.79. The number of hydrogen-bond donors (Lipinski definition) is 1. The summed E-state index contributed by atoms with van der Waals surface area (Å²) in [7, 11) is 1.63. The van der Waals surface area contributed by atoms with Crippen molar-refractivity contribution >= 4 is 17.7 Å². The standard InChI is InChI=1S/C21H20N2O2S/c1-25-17-10-7-11-18(14-17)26-15-20(24)23-21(16-8-3-2-4-9-16)19-12-5-6-13-22-19/h2-14,21H,15H2,1H3,(H,23,24)/t21-/m1/s1. The minimum atomic E-state index is -0.268. The second-order valence-corrected chi connectivity index (χ2v) is 6.68. The summed E-state index contributed by atoms with van der Waals surface area (Å²) in [5, 5.41) is 3.09. The highest BCUT2D eigenvalue weighted by Gasteiger charge is 2.17. The Morgan fingerprint density at radius 1 is 1.08 bits per heavy atom. The number of methoxy groups -OCH3 is 1. The van der Waals surface area contributed by atoms with Crippen molar-refractivity contribution in [2.45, 2.75) is 10.9 Å². The van der Waals surface area contributed by atoms with Gasteiger partial charge in [-0.15, -0.1) is 11.8 Å². The summed E-state index contributed by atoms with van der Waals surface area (Å²) in [5.74, 6) is 1.06. The van der Waals surface area contributed by atoms with Crippen molar-refractivity contribution in [2.24, 2.45) is 0 Å². The van der Waals surface area contributed by atoms with E-state index in [1.54, 1.807) is 13.3 Å². The van der Waals surface area contributed by atoms with E-state index in [2.05, 4.69) is 10.3 Å². The number of carbonyl (C=O) groups is 1. The fraction of sp³-hybridized carbons (Fsp3) is 0.143.